The smallest absolute Gasteiger partial charge is 0 e. The van der Waals surface area contributed by atoms with Gasteiger partial charge in [-0.3, -0.25) is 0 Å². The van der Waals surface area contributed by atoms with Gasteiger partial charge in [-0.25, -0.2) is 0 Å². The summed E-state index contributed by atoms with van der Waals surface area (Å²) in [4.78, 5) is 0. The predicted molar refractivity (Wildman–Crippen MR) is 23.7 cm³/mol. The van der Waals surface area contributed by atoms with Crippen molar-refractivity contribution >= 4 is 0 Å². The van der Waals surface area contributed by atoms with E-state index in [0.29, 0.717) is 0 Å². The van der Waals surface area contributed by atoms with Gasteiger partial charge in [-0.15, -0.1) is 0 Å². The van der Waals surface area contributed by atoms with Crippen molar-refractivity contribution in [3.05, 3.63) is 14.9 Å². The largest absolute Gasteiger partial charge is 0.412 e. The van der Waals surface area contributed by atoms with Crippen molar-refractivity contribution in [1.29, 1.82) is 0 Å². The van der Waals surface area contributed by atoms with Gasteiger partial charge in [-0.2, -0.15) is 0 Å². The first-order chi connectivity index (χ1) is 0. The molecule has 0 aliphatic rings. The minimum absolute atomic E-state index is 0. The van der Waals surface area contributed by atoms with Crippen LogP contribution < -0.4 is 0 Å². The molecular weight excluding hydrogens is 168 g/mol. The second-order valence-corrected chi connectivity index (χ2v) is 0. The minimum atomic E-state index is 0. The van der Waals surface area contributed by atoms with E-state index in [1.807, 2.05) is 0 Å². The van der Waals surface area contributed by atoms with Crippen LogP contribution in [0.15, 0.2) is 0 Å². The first-order valence-electron chi connectivity index (χ1n) is 0. The van der Waals surface area contributed by atoms with Crippen LogP contribution in [0.3, 0.4) is 0 Å². The Kier molecular flexibility index (Phi) is 6290. The molecule has 0 fully saturated rings. The molecule has 0 aromatic heterocycles. The Morgan fingerprint density at radius 1 is 0.429 bits per heavy atom. The molecule has 3 nitrogen and oxygen atoms in total. The van der Waals surface area contributed by atoms with Crippen molar-refractivity contribution in [2.75, 3.05) is 0 Å². The molecule has 0 bridgehead atoms. The standard InChI is InChI=1S/2CH3.3H2O.2Ti/h2*1H3;3*1H2;;/q2*-1;;;;;. The van der Waals surface area contributed by atoms with Crippen molar-refractivity contribution in [3.63, 3.8) is 0 Å². The summed E-state index contributed by atoms with van der Waals surface area (Å²) in [5, 5.41) is 0. The van der Waals surface area contributed by atoms with E-state index in [2.05, 4.69) is 0 Å². The Morgan fingerprint density at radius 3 is 0.429 bits per heavy atom. The molecule has 48 valence electrons. The van der Waals surface area contributed by atoms with Gasteiger partial charge in [0.25, 0.3) is 0 Å². The normalized spacial score (nSPS) is 0. The fourth-order valence-corrected chi connectivity index (χ4v) is 0. The second-order valence-electron chi connectivity index (χ2n) is 0. The molecular formula is C2H12O3Ti2-2. The predicted octanol–water partition coefficient (Wildman–Crippen LogP) is -1.58. The molecule has 0 atom stereocenters. The maximum absolute atomic E-state index is 0. The Morgan fingerprint density at radius 2 is 0.429 bits per heavy atom. The summed E-state index contributed by atoms with van der Waals surface area (Å²) in [6, 6.07) is 0. The average molecular weight is 180 g/mol. The first-order valence-corrected chi connectivity index (χ1v) is 0. The van der Waals surface area contributed by atoms with E-state index >= 15 is 0 Å². The van der Waals surface area contributed by atoms with Gasteiger partial charge in [0, 0.05) is 43.4 Å². The summed E-state index contributed by atoms with van der Waals surface area (Å²) >= 11 is 0. The van der Waals surface area contributed by atoms with E-state index in [4.69, 9.17) is 0 Å². The van der Waals surface area contributed by atoms with Crippen LogP contribution in [0.5, 0.6) is 0 Å². The molecule has 0 aromatic rings. The number of hydrogen-bond donors (Lipinski definition) is 0. The van der Waals surface area contributed by atoms with Gasteiger partial charge in [0.15, 0.2) is 0 Å². The van der Waals surface area contributed by atoms with E-state index in [9.17, 15) is 0 Å². The monoisotopic (exact) mass is 180 g/mol. The summed E-state index contributed by atoms with van der Waals surface area (Å²) in [6.07, 6.45) is 0. The van der Waals surface area contributed by atoms with Gasteiger partial charge >= 0.3 is 0 Å². The molecule has 0 rings (SSSR count). The van der Waals surface area contributed by atoms with Gasteiger partial charge in [-0.1, -0.05) is 0 Å². The maximum Gasteiger partial charge on any atom is 0 e. The molecule has 0 saturated carbocycles. The molecule has 0 aliphatic carbocycles. The Labute approximate surface area is 74.6 Å². The Bertz CT molecular complexity index is 10.9. The molecule has 0 saturated heterocycles. The van der Waals surface area contributed by atoms with E-state index < -0.39 is 0 Å². The Hall–Kier alpha value is 1.31. The Balaban J connectivity index is 0. The van der Waals surface area contributed by atoms with Crippen LogP contribution in [0.25, 0.3) is 0 Å². The van der Waals surface area contributed by atoms with Crippen LogP contribution >= 0.6 is 0 Å². The molecule has 0 amide bonds. The average Bonchev–Trinajstić information content (AvgIpc) is 0. The van der Waals surface area contributed by atoms with E-state index in [-0.39, 0.29) is 74.7 Å². The molecule has 0 unspecified atom stereocenters. The van der Waals surface area contributed by atoms with Crippen molar-refractivity contribution in [2.45, 2.75) is 0 Å². The van der Waals surface area contributed by atoms with Crippen molar-refractivity contribution < 1.29 is 59.9 Å². The summed E-state index contributed by atoms with van der Waals surface area (Å²) in [6.45, 7) is 0. The summed E-state index contributed by atoms with van der Waals surface area (Å²) in [5.74, 6) is 0. The molecule has 0 spiro atoms. The topological polar surface area (TPSA) is 94.5 Å². The summed E-state index contributed by atoms with van der Waals surface area (Å²) < 4.78 is 0. The van der Waals surface area contributed by atoms with Crippen LogP contribution in [-0.2, 0) is 43.4 Å². The zero-order chi connectivity index (χ0) is 0. The molecule has 0 aromatic carbocycles. The van der Waals surface area contributed by atoms with Crippen LogP contribution in [-0.4, -0.2) is 16.4 Å². The first kappa shape index (κ1) is 259. The van der Waals surface area contributed by atoms with Crippen LogP contribution in [0.2, 0.25) is 0 Å². The third-order valence-electron chi connectivity index (χ3n) is 0. The fraction of sp³-hybridized carbons (Fsp3) is 0. The quantitative estimate of drug-likeness (QED) is 0.317. The van der Waals surface area contributed by atoms with Crippen molar-refractivity contribution in [2.24, 2.45) is 0 Å². The van der Waals surface area contributed by atoms with E-state index in [1.165, 1.54) is 0 Å². The van der Waals surface area contributed by atoms with Crippen LogP contribution in [0.4, 0.5) is 0 Å². The number of rotatable bonds is 0. The van der Waals surface area contributed by atoms with E-state index in [0.717, 1.165) is 0 Å². The maximum atomic E-state index is 0. The van der Waals surface area contributed by atoms with Crippen molar-refractivity contribution in [3.8, 4) is 0 Å². The summed E-state index contributed by atoms with van der Waals surface area (Å²) in [5.41, 5.74) is 0. The molecule has 0 aliphatic heterocycles. The molecule has 7 heavy (non-hydrogen) atoms. The van der Waals surface area contributed by atoms with Gasteiger partial charge in [0.2, 0.25) is 0 Å². The van der Waals surface area contributed by atoms with Crippen LogP contribution in [0.1, 0.15) is 0 Å². The molecule has 6 N–H and O–H groups in total. The minimum Gasteiger partial charge on any atom is -0.412 e. The molecule has 5 heteroatoms. The number of hydrogen-bond acceptors (Lipinski definition) is 0. The van der Waals surface area contributed by atoms with Gasteiger partial charge in [0.1, 0.15) is 0 Å². The summed E-state index contributed by atoms with van der Waals surface area (Å²) in [7, 11) is 0. The van der Waals surface area contributed by atoms with Gasteiger partial charge in [0.05, 0.1) is 0 Å². The molecule has 0 heterocycles. The van der Waals surface area contributed by atoms with E-state index in [1.54, 1.807) is 0 Å². The zero-order valence-electron chi connectivity index (χ0n) is 4.50. The molecule has 0 radical (unpaired) electrons. The zero-order valence-corrected chi connectivity index (χ0v) is 7.62. The van der Waals surface area contributed by atoms with Crippen molar-refractivity contribution in [1.82, 2.24) is 0 Å². The van der Waals surface area contributed by atoms with Crippen LogP contribution in [0, 0.1) is 14.9 Å². The third kappa shape index (κ3) is 120. The van der Waals surface area contributed by atoms with Gasteiger partial charge in [-0.05, 0) is 0 Å². The third-order valence-corrected chi connectivity index (χ3v) is 0. The second kappa shape index (κ2) is 170. The fourth-order valence-electron chi connectivity index (χ4n) is 0. The van der Waals surface area contributed by atoms with Gasteiger partial charge < -0.3 is 31.3 Å². The SMILES string of the molecule is O.O.O.[CH3-].[CH3-].[Ti].[Ti].